The predicted molar refractivity (Wildman–Crippen MR) is 393 cm³/mol. The van der Waals surface area contributed by atoms with Gasteiger partial charge in [0.1, 0.15) is 53.9 Å². The van der Waals surface area contributed by atoms with Gasteiger partial charge in [-0.2, -0.15) is 13.2 Å². The predicted octanol–water partition coefficient (Wildman–Crippen LogP) is 6.07. The molecule has 0 radical (unpaired) electrons. The van der Waals surface area contributed by atoms with Crippen molar-refractivity contribution in [3.8, 4) is 0 Å². The Bertz CT molecular complexity index is 3220. The summed E-state index contributed by atoms with van der Waals surface area (Å²) in [5, 5.41) is 9.01. The summed E-state index contributed by atoms with van der Waals surface area (Å²) in [5.41, 5.74) is -2.18. The molecule has 6 heterocycles. The zero-order chi connectivity index (χ0) is 78.9. The van der Waals surface area contributed by atoms with Gasteiger partial charge >= 0.3 is 6.18 Å². The molecular formula is C78H125F3N12O14. The molecule has 0 aromatic heterocycles. The molecule has 1 spiro atoms. The van der Waals surface area contributed by atoms with Gasteiger partial charge in [-0.15, -0.1) is 0 Å². The van der Waals surface area contributed by atoms with Crippen LogP contribution in [0.4, 0.5) is 13.2 Å². The topological polar surface area (TPSA) is 289 Å². The zero-order valence-corrected chi connectivity index (χ0v) is 66.4. The molecule has 0 aromatic carbocycles. The van der Waals surface area contributed by atoms with Gasteiger partial charge in [-0.3, -0.25) is 57.5 Å². The van der Waals surface area contributed by atoms with Crippen LogP contribution < -0.4 is 16.0 Å². The van der Waals surface area contributed by atoms with Crippen molar-refractivity contribution in [2.24, 2.45) is 40.9 Å². The van der Waals surface area contributed by atoms with E-state index in [1.165, 1.54) is 93.5 Å². The molecule has 3 N–H and O–H groups in total. The number of nitrogens with one attached hydrogen (secondary N) is 3. The van der Waals surface area contributed by atoms with Crippen LogP contribution in [0, 0.1) is 40.9 Å². The van der Waals surface area contributed by atoms with E-state index in [0.29, 0.717) is 64.2 Å². The van der Waals surface area contributed by atoms with Crippen molar-refractivity contribution in [1.82, 2.24) is 60.0 Å². The van der Waals surface area contributed by atoms with Crippen LogP contribution in [0.1, 0.15) is 203 Å². The molecular weight excluding hydrogens is 1390 g/mol. The van der Waals surface area contributed by atoms with Crippen molar-refractivity contribution in [3.05, 3.63) is 12.2 Å². The van der Waals surface area contributed by atoms with Gasteiger partial charge in [0.05, 0.1) is 43.7 Å². The molecule has 12 amide bonds. The van der Waals surface area contributed by atoms with Gasteiger partial charge in [0.2, 0.25) is 70.9 Å². The molecule has 29 heteroatoms. The summed E-state index contributed by atoms with van der Waals surface area (Å²) in [6.07, 6.45) is 3.81. The maximum absolute atomic E-state index is 15.9. The van der Waals surface area contributed by atoms with E-state index < -0.39 is 186 Å². The molecule has 4 unspecified atom stereocenters. The maximum Gasteiger partial charge on any atom is 0.394 e. The van der Waals surface area contributed by atoms with E-state index in [1.54, 1.807) is 40.8 Å². The number of carbonyl (C=O) groups excluding carboxylic acids is 12. The van der Waals surface area contributed by atoms with E-state index in [4.69, 9.17) is 9.47 Å². The Hall–Kier alpha value is -6.91. The largest absolute Gasteiger partial charge is 0.394 e. The number of nitrogens with zero attached hydrogens (tertiary/aromatic N) is 9. The lowest BCUT2D eigenvalue weighted by atomic mass is 9.58. The van der Waals surface area contributed by atoms with Crippen LogP contribution in [-0.2, 0) is 67.0 Å². The Morgan fingerprint density at radius 1 is 0.645 bits per heavy atom. The van der Waals surface area contributed by atoms with Crippen LogP contribution in [0.25, 0.3) is 0 Å². The molecule has 6 bridgehead atoms. The molecule has 4 saturated carbocycles. The van der Waals surface area contributed by atoms with Crippen molar-refractivity contribution in [2.75, 3.05) is 89.2 Å². The highest BCUT2D eigenvalue weighted by Crippen LogP contribution is 2.50. The number of fused-ring (bicyclic) bond motifs is 22. The second kappa shape index (κ2) is 36.7. The van der Waals surface area contributed by atoms with Gasteiger partial charge < -0.3 is 69.5 Å². The average Bonchev–Trinajstić information content (AvgIpc) is 1.42. The van der Waals surface area contributed by atoms with Gasteiger partial charge in [-0.05, 0) is 139 Å². The van der Waals surface area contributed by atoms with Gasteiger partial charge in [-0.1, -0.05) is 97.6 Å². The molecule has 9 fully saturated rings. The average molecular weight is 1510 g/mol. The summed E-state index contributed by atoms with van der Waals surface area (Å²) in [7, 11) is 11.5. The molecule has 5 saturated heterocycles. The van der Waals surface area contributed by atoms with Crippen LogP contribution in [-0.4, -0.2) is 283 Å². The zero-order valence-electron chi connectivity index (χ0n) is 66.4. The van der Waals surface area contributed by atoms with E-state index in [2.05, 4.69) is 16.0 Å². The number of rotatable bonds is 11. The minimum absolute atomic E-state index is 0.0110. The number of amides is 12. The molecule has 10 rings (SSSR count). The summed E-state index contributed by atoms with van der Waals surface area (Å²) >= 11 is 0. The van der Waals surface area contributed by atoms with Gasteiger partial charge in [0, 0.05) is 82.5 Å². The number of alkyl halides is 3. The highest BCUT2D eigenvalue weighted by Gasteiger charge is 2.60. The van der Waals surface area contributed by atoms with Gasteiger partial charge in [0.15, 0.2) is 0 Å². The molecule has 6 aliphatic heterocycles. The molecule has 602 valence electrons. The lowest BCUT2D eigenvalue weighted by Crippen LogP contribution is -2.71. The number of hydrogen-bond acceptors (Lipinski definition) is 14. The second-order valence-electron chi connectivity index (χ2n) is 33.8. The van der Waals surface area contributed by atoms with Crippen LogP contribution >= 0.6 is 0 Å². The Labute approximate surface area is 631 Å². The lowest BCUT2D eigenvalue weighted by molar-refractivity contribution is -0.215. The number of ether oxygens (including phenoxy) is 2. The van der Waals surface area contributed by atoms with Crippen LogP contribution in [0.5, 0.6) is 0 Å². The SMILES string of the molecule is CC[C@H](C)[C@@H]1NC(=O)[C@@H]2CCCC3CCC(CC3)C[C@@H](C(=O)N(C)CC(=O)N[C@@H](CCC3CCC(C(F)(F)F)C(OC)C3)C(=O)N3C[C@H](OC(C)C)C[C@H]3C(=O)NC3(CC(C)(C)C3)C(=O)N(C)[C@@H](C3CCCC3)C(=O)N(C)C(C(=O)N(C)CC)CC(=O)N2C)N2CC/C=C\C[C@@H](C2=O)N(C)C(=O)CN(C)C1=O. The number of halogens is 3. The fourth-order valence-corrected chi connectivity index (χ4v) is 18.7. The van der Waals surface area contributed by atoms with Gasteiger partial charge in [-0.25, -0.2) is 0 Å². The monoisotopic (exact) mass is 1510 g/mol. The van der Waals surface area contributed by atoms with E-state index >= 15 is 43.2 Å². The van der Waals surface area contributed by atoms with Crippen LogP contribution in [0.3, 0.4) is 0 Å². The third-order valence-electron chi connectivity index (χ3n) is 25.1. The third-order valence-corrected chi connectivity index (χ3v) is 25.1. The van der Waals surface area contributed by atoms with Crippen LogP contribution in [0.15, 0.2) is 12.2 Å². The molecule has 10 aliphatic rings. The van der Waals surface area contributed by atoms with Gasteiger partial charge in [0.25, 0.3) is 0 Å². The highest BCUT2D eigenvalue weighted by molar-refractivity contribution is 6.01. The third kappa shape index (κ3) is 20.6. The molecule has 4 aliphatic carbocycles. The first-order chi connectivity index (χ1) is 50.3. The summed E-state index contributed by atoms with van der Waals surface area (Å²) in [6, 6.07) is -10.1. The van der Waals surface area contributed by atoms with E-state index in [9.17, 15) is 27.6 Å². The van der Waals surface area contributed by atoms with Crippen molar-refractivity contribution < 1.29 is 80.2 Å². The highest BCUT2D eigenvalue weighted by atomic mass is 19.4. The Morgan fingerprint density at radius 2 is 1.29 bits per heavy atom. The standard InChI is InChI=1S/C78H125F3N12O14/c1-16-48(5)65-73(103)87(10)44-64(96)89(12)57-27-19-18-22-37-92(72(57)102)60-38-50-31-29-49(30-32-50)24-23-28-56(67(97)83-65)88(11)63(95)41-59(70(100)85(8)17-2)90(13)74(104)66(52-25-20-21-26-52)91(14)75(105)77(45-76(6,7)46-77)84-68(98)58-40-53(107-47(3)4)42-93(58)69(99)55(82-62(94)43-86(9)71(60)101)36-34-51-33-35-54(78(79,80)81)61(39-51)106-15/h18-19,47-61,65-66H,16-17,20-46H2,1-15H3,(H,82,94)(H,83,97)(H,84,98)/b19-18-/t48-,49?,50?,51?,53+,54?,55-,56-,57-,58-,59?,60-,61?,65-,66-/m0/s1. The first-order valence-electron chi connectivity index (χ1n) is 39.6. The fourth-order valence-electron chi connectivity index (χ4n) is 18.7. The Kier molecular flexibility index (Phi) is 29.4. The molecule has 13 atom stereocenters. The quantitative estimate of drug-likeness (QED) is 0.156. The summed E-state index contributed by atoms with van der Waals surface area (Å²) in [6.45, 7) is 11.8. The number of hydrogen-bond donors (Lipinski definition) is 3. The Balaban J connectivity index is 1.26. The smallest absolute Gasteiger partial charge is 0.381 e. The number of likely N-dealkylation sites (N-methyl/N-ethyl adjacent to an activating group) is 7. The first-order valence-corrected chi connectivity index (χ1v) is 39.6. The van der Waals surface area contributed by atoms with Crippen molar-refractivity contribution >= 4 is 70.9 Å². The number of methoxy groups -OCH3 is 1. The fraction of sp³-hybridized carbons (Fsp3) is 0.821. The second-order valence-corrected chi connectivity index (χ2v) is 33.8. The van der Waals surface area contributed by atoms with E-state index in [0.717, 1.165) is 12.8 Å². The molecule has 26 nitrogen and oxygen atoms in total. The Morgan fingerprint density at radius 3 is 1.91 bits per heavy atom. The lowest BCUT2D eigenvalue weighted by Gasteiger charge is -2.54. The summed E-state index contributed by atoms with van der Waals surface area (Å²) in [4.78, 5) is 196. The van der Waals surface area contributed by atoms with E-state index in [-0.39, 0.29) is 114 Å². The van der Waals surface area contributed by atoms with Crippen molar-refractivity contribution in [1.29, 1.82) is 0 Å². The molecule has 107 heavy (non-hydrogen) atoms. The normalized spacial score (nSPS) is 32.4. The van der Waals surface area contributed by atoms with Crippen molar-refractivity contribution in [2.45, 2.75) is 281 Å². The minimum atomic E-state index is -4.52. The van der Waals surface area contributed by atoms with Crippen LogP contribution in [0.2, 0.25) is 0 Å². The maximum atomic E-state index is 15.9. The summed E-state index contributed by atoms with van der Waals surface area (Å²) < 4.78 is 54.9. The number of carbonyl (C=O) groups is 12. The van der Waals surface area contributed by atoms with Crippen molar-refractivity contribution in [3.63, 3.8) is 0 Å². The van der Waals surface area contributed by atoms with E-state index in [1.807, 2.05) is 26.8 Å². The molecule has 0 aromatic rings. The minimum Gasteiger partial charge on any atom is -0.381 e. The summed E-state index contributed by atoms with van der Waals surface area (Å²) in [5.74, 6) is -10.7. The first kappa shape index (κ1) is 85.7.